The van der Waals surface area contributed by atoms with Gasteiger partial charge in [-0.2, -0.15) is 33.6 Å². The second-order valence-electron chi connectivity index (χ2n) is 7.11. The van der Waals surface area contributed by atoms with Crippen LogP contribution in [0, 0.1) is 0 Å². The number of ketones is 1. The lowest BCUT2D eigenvalue weighted by molar-refractivity contribution is -0.0885. The van der Waals surface area contributed by atoms with E-state index in [0.717, 1.165) is 36.0 Å². The second-order valence-corrected chi connectivity index (χ2v) is 8.18. The Labute approximate surface area is 192 Å². The van der Waals surface area contributed by atoms with Crippen LogP contribution in [0.2, 0.25) is 0 Å². The van der Waals surface area contributed by atoms with E-state index in [0.29, 0.717) is 17.1 Å². The predicted molar refractivity (Wildman–Crippen MR) is 123 cm³/mol. The fourth-order valence-corrected chi connectivity index (χ4v) is 3.98. The number of Topliss-reactive ketones (excluding diaryl/α,β-unsaturated/α-hetero) is 1. The highest BCUT2D eigenvalue weighted by molar-refractivity contribution is 7.99. The van der Waals surface area contributed by atoms with Crippen LogP contribution in [0.3, 0.4) is 0 Å². The molecule has 0 spiro atoms. The number of nitrogens with zero attached hydrogens (tertiary/aromatic N) is 5. The molecule has 0 unspecified atom stereocenters. The summed E-state index contributed by atoms with van der Waals surface area (Å²) in [6.45, 7) is 1.05. The van der Waals surface area contributed by atoms with Crippen molar-refractivity contribution in [3.05, 3.63) is 78.4 Å². The number of alkyl halides is 3. The van der Waals surface area contributed by atoms with Gasteiger partial charge in [0.25, 0.3) is 5.78 Å². The lowest BCUT2D eigenvalue weighted by Gasteiger charge is -2.16. The number of carbonyl (C=O) groups excluding carboxylic acids is 1. The molecule has 0 amide bonds. The fourth-order valence-electron chi connectivity index (χ4n) is 3.01. The van der Waals surface area contributed by atoms with Gasteiger partial charge < -0.3 is 4.90 Å². The third kappa shape index (κ3) is 6.04. The summed E-state index contributed by atoms with van der Waals surface area (Å²) in [5, 5.41) is 16.5. The monoisotopic (exact) mass is 469 g/mol. The molecule has 33 heavy (non-hydrogen) atoms. The lowest BCUT2D eigenvalue weighted by atomic mass is 10.1. The Morgan fingerprint density at radius 2 is 1.15 bits per heavy atom. The second kappa shape index (κ2) is 9.95. The summed E-state index contributed by atoms with van der Waals surface area (Å²) in [4.78, 5) is 13.5. The summed E-state index contributed by atoms with van der Waals surface area (Å²) in [5.41, 5.74) is 2.99. The topological polar surface area (TPSA) is 69.7 Å². The van der Waals surface area contributed by atoms with Crippen molar-refractivity contribution in [2.45, 2.75) is 6.18 Å². The molecular formula is C23H18F3N5OS. The van der Waals surface area contributed by atoms with E-state index >= 15 is 0 Å². The van der Waals surface area contributed by atoms with Crippen molar-refractivity contribution in [1.82, 2.24) is 0 Å². The van der Waals surface area contributed by atoms with Gasteiger partial charge in [0.05, 0.1) is 28.6 Å². The minimum absolute atomic E-state index is 0.327. The molecule has 168 valence electrons. The van der Waals surface area contributed by atoms with Crippen LogP contribution < -0.4 is 4.90 Å². The molecule has 1 heterocycles. The van der Waals surface area contributed by atoms with Crippen LogP contribution in [0.25, 0.3) is 0 Å². The molecule has 3 aromatic carbocycles. The molecule has 6 nitrogen and oxygen atoms in total. The van der Waals surface area contributed by atoms with E-state index < -0.39 is 17.5 Å². The van der Waals surface area contributed by atoms with Crippen LogP contribution >= 0.6 is 11.8 Å². The van der Waals surface area contributed by atoms with E-state index in [1.807, 2.05) is 36.0 Å². The maximum Gasteiger partial charge on any atom is 0.454 e. The van der Waals surface area contributed by atoms with Gasteiger partial charge in [-0.3, -0.25) is 4.79 Å². The van der Waals surface area contributed by atoms with Crippen molar-refractivity contribution >= 4 is 46.0 Å². The third-order valence-corrected chi connectivity index (χ3v) is 5.73. The molecule has 1 aliphatic heterocycles. The summed E-state index contributed by atoms with van der Waals surface area (Å²) >= 11 is 1.91. The Hall–Kier alpha value is -3.53. The van der Waals surface area contributed by atoms with Crippen LogP contribution in [-0.2, 0) is 0 Å². The molecule has 0 radical (unpaired) electrons. The smallest absolute Gasteiger partial charge is 0.361 e. The summed E-state index contributed by atoms with van der Waals surface area (Å²) in [7, 11) is 0. The normalized spacial score (nSPS) is 14.5. The number of rotatable bonds is 6. The molecule has 0 atom stereocenters. The predicted octanol–water partition coefficient (Wildman–Crippen LogP) is 7.77. The number of benzene rings is 3. The number of carbonyl (C=O) groups is 1. The van der Waals surface area contributed by atoms with Gasteiger partial charge in [0.2, 0.25) is 0 Å². The van der Waals surface area contributed by atoms with Crippen LogP contribution in [0.4, 0.5) is 41.6 Å². The van der Waals surface area contributed by atoms with Crippen molar-refractivity contribution < 1.29 is 18.0 Å². The Morgan fingerprint density at radius 1 is 0.727 bits per heavy atom. The number of anilines is 1. The molecule has 4 rings (SSSR count). The van der Waals surface area contributed by atoms with Crippen molar-refractivity contribution in [3.8, 4) is 0 Å². The highest BCUT2D eigenvalue weighted by Gasteiger charge is 2.39. The van der Waals surface area contributed by atoms with E-state index in [9.17, 15) is 18.0 Å². The molecule has 0 N–H and O–H groups in total. The van der Waals surface area contributed by atoms with E-state index in [1.165, 1.54) is 17.8 Å². The maximum atomic E-state index is 12.5. The first-order chi connectivity index (χ1) is 15.9. The van der Waals surface area contributed by atoms with Crippen LogP contribution in [0.1, 0.15) is 10.4 Å². The Balaban J connectivity index is 1.35. The molecule has 1 saturated heterocycles. The first-order valence-corrected chi connectivity index (χ1v) is 11.1. The first-order valence-electron chi connectivity index (χ1n) is 9.96. The van der Waals surface area contributed by atoms with E-state index in [-0.39, 0.29) is 0 Å². The number of hydrogen-bond donors (Lipinski definition) is 0. The van der Waals surface area contributed by atoms with Gasteiger partial charge in [0, 0.05) is 23.5 Å². The Kier molecular flexibility index (Phi) is 6.83. The number of halogens is 3. The van der Waals surface area contributed by atoms with Crippen molar-refractivity contribution in [1.29, 1.82) is 0 Å². The molecule has 3 aromatic rings. The standard InChI is InChI=1S/C23H18F3N5OS/c24-23(25,26)22(32)16-1-3-17(4-2-16)27-28-18-5-7-19(8-6-18)29-30-20-9-11-21(12-10-20)31-13-14-33-15-31/h1-12H,13-15H2. The molecule has 0 bridgehead atoms. The van der Waals surface area contributed by atoms with Crippen LogP contribution in [-0.4, -0.2) is 30.1 Å². The molecule has 1 aliphatic rings. The summed E-state index contributed by atoms with van der Waals surface area (Å²) in [6.07, 6.45) is -4.90. The summed E-state index contributed by atoms with van der Waals surface area (Å²) < 4.78 is 37.4. The number of thioether (sulfide) groups is 1. The van der Waals surface area contributed by atoms with Gasteiger partial charge in [-0.05, 0) is 72.8 Å². The minimum atomic E-state index is -4.90. The summed E-state index contributed by atoms with van der Waals surface area (Å²) in [5.74, 6) is 0.261. The van der Waals surface area contributed by atoms with Crippen molar-refractivity contribution in [2.24, 2.45) is 20.5 Å². The van der Waals surface area contributed by atoms with E-state index in [2.05, 4.69) is 25.4 Å². The van der Waals surface area contributed by atoms with Gasteiger partial charge in [-0.1, -0.05) is 0 Å². The lowest BCUT2D eigenvalue weighted by Crippen LogP contribution is -2.22. The molecule has 1 fully saturated rings. The highest BCUT2D eigenvalue weighted by atomic mass is 32.2. The molecule has 0 saturated carbocycles. The SMILES string of the molecule is O=C(c1ccc(N=Nc2ccc(N=Nc3ccc(N4CCSC4)cc3)cc2)cc1)C(F)(F)F. The van der Waals surface area contributed by atoms with E-state index in [1.54, 1.807) is 24.3 Å². The zero-order chi connectivity index (χ0) is 23.3. The van der Waals surface area contributed by atoms with Crippen molar-refractivity contribution in [3.63, 3.8) is 0 Å². The minimum Gasteiger partial charge on any atom is -0.361 e. The van der Waals surface area contributed by atoms with Gasteiger partial charge in [0.1, 0.15) is 0 Å². The zero-order valence-corrected chi connectivity index (χ0v) is 18.1. The summed E-state index contributed by atoms with van der Waals surface area (Å²) in [6, 6.07) is 19.6. The van der Waals surface area contributed by atoms with Gasteiger partial charge in [-0.15, -0.1) is 11.8 Å². The molecule has 10 heteroatoms. The zero-order valence-electron chi connectivity index (χ0n) is 17.2. The van der Waals surface area contributed by atoms with E-state index in [4.69, 9.17) is 0 Å². The fraction of sp³-hybridized carbons (Fsp3) is 0.174. The van der Waals surface area contributed by atoms with Gasteiger partial charge in [0.15, 0.2) is 0 Å². The van der Waals surface area contributed by atoms with Gasteiger partial charge in [-0.25, -0.2) is 0 Å². The molecular weight excluding hydrogens is 451 g/mol. The average molecular weight is 469 g/mol. The average Bonchev–Trinajstić information content (AvgIpc) is 3.37. The number of azo groups is 2. The van der Waals surface area contributed by atoms with Gasteiger partial charge >= 0.3 is 6.18 Å². The number of hydrogen-bond acceptors (Lipinski definition) is 7. The van der Waals surface area contributed by atoms with Crippen molar-refractivity contribution in [2.75, 3.05) is 23.1 Å². The first kappa shape index (κ1) is 22.7. The molecule has 0 aliphatic carbocycles. The van der Waals surface area contributed by atoms with Crippen LogP contribution in [0.15, 0.2) is 93.3 Å². The maximum absolute atomic E-state index is 12.5. The Bertz CT molecular complexity index is 1150. The van der Waals surface area contributed by atoms with Crippen LogP contribution in [0.5, 0.6) is 0 Å². The third-order valence-electron chi connectivity index (χ3n) is 4.77. The highest BCUT2D eigenvalue weighted by Crippen LogP contribution is 2.27. The molecule has 0 aromatic heterocycles. The quantitative estimate of drug-likeness (QED) is 0.273. The largest absolute Gasteiger partial charge is 0.454 e. The Morgan fingerprint density at radius 3 is 1.55 bits per heavy atom.